The number of ether oxygens (including phenoxy) is 1. The summed E-state index contributed by atoms with van der Waals surface area (Å²) in [5, 5.41) is 2.37. The second-order valence-electron chi connectivity index (χ2n) is 4.60. The molecule has 0 aliphatic carbocycles. The minimum atomic E-state index is 0.568. The van der Waals surface area contributed by atoms with E-state index in [1.165, 1.54) is 10.8 Å². The van der Waals surface area contributed by atoms with Crippen LogP contribution in [0.15, 0.2) is 60.7 Å². The van der Waals surface area contributed by atoms with E-state index in [1.54, 1.807) is 7.11 Å². The number of rotatable bonds is 3. The lowest BCUT2D eigenvalue weighted by atomic mass is 9.97. The maximum absolute atomic E-state index is 11.2. The van der Waals surface area contributed by atoms with E-state index in [4.69, 9.17) is 4.74 Å². The zero-order chi connectivity index (χ0) is 13.9. The molecule has 0 heterocycles. The summed E-state index contributed by atoms with van der Waals surface area (Å²) in [4.78, 5) is 11.2. The summed E-state index contributed by atoms with van der Waals surface area (Å²) in [5.74, 6) is 0.601. The lowest BCUT2D eigenvalue weighted by Crippen LogP contribution is -1.91. The molecule has 0 saturated heterocycles. The Morgan fingerprint density at radius 1 is 0.950 bits per heavy atom. The number of benzene rings is 3. The quantitative estimate of drug-likeness (QED) is 0.657. The van der Waals surface area contributed by atoms with Crippen LogP contribution in [0.2, 0.25) is 0 Å². The average molecular weight is 262 g/mol. The number of aldehydes is 1. The second-order valence-corrected chi connectivity index (χ2v) is 4.60. The van der Waals surface area contributed by atoms with E-state index in [1.807, 2.05) is 36.4 Å². The van der Waals surface area contributed by atoms with Crippen molar-refractivity contribution in [3.8, 4) is 16.9 Å². The van der Waals surface area contributed by atoms with Gasteiger partial charge in [-0.1, -0.05) is 48.5 Å². The van der Waals surface area contributed by atoms with Crippen LogP contribution in [0.25, 0.3) is 21.9 Å². The Hall–Kier alpha value is -2.61. The molecule has 0 spiro atoms. The molecule has 0 aliphatic heterocycles. The summed E-state index contributed by atoms with van der Waals surface area (Å²) in [6.45, 7) is 0. The maximum Gasteiger partial charge on any atom is 0.153 e. The van der Waals surface area contributed by atoms with Crippen LogP contribution in [0.4, 0.5) is 0 Å². The van der Waals surface area contributed by atoms with Crippen molar-refractivity contribution in [1.82, 2.24) is 0 Å². The third-order valence-corrected chi connectivity index (χ3v) is 3.46. The Balaban J connectivity index is 2.23. The second kappa shape index (κ2) is 5.17. The SMILES string of the molecule is COc1ccc(-c2cccc3ccccc23)cc1C=O. The zero-order valence-corrected chi connectivity index (χ0v) is 11.2. The van der Waals surface area contributed by atoms with Gasteiger partial charge in [0.15, 0.2) is 6.29 Å². The molecule has 0 fully saturated rings. The highest BCUT2D eigenvalue weighted by atomic mass is 16.5. The third kappa shape index (κ3) is 2.05. The van der Waals surface area contributed by atoms with Crippen LogP contribution < -0.4 is 4.74 Å². The number of carbonyl (C=O) groups excluding carboxylic acids is 1. The summed E-state index contributed by atoms with van der Waals surface area (Å²) >= 11 is 0. The fourth-order valence-electron chi connectivity index (χ4n) is 2.47. The number of hydrogen-bond donors (Lipinski definition) is 0. The van der Waals surface area contributed by atoms with Gasteiger partial charge in [-0.3, -0.25) is 4.79 Å². The molecule has 3 aromatic rings. The number of carbonyl (C=O) groups is 1. The van der Waals surface area contributed by atoms with E-state index in [-0.39, 0.29) is 0 Å². The Morgan fingerprint density at radius 2 is 1.75 bits per heavy atom. The molecule has 98 valence electrons. The first kappa shape index (κ1) is 12.4. The lowest BCUT2D eigenvalue weighted by Gasteiger charge is -2.09. The minimum absolute atomic E-state index is 0.568. The molecule has 0 saturated carbocycles. The van der Waals surface area contributed by atoms with Crippen molar-refractivity contribution in [3.63, 3.8) is 0 Å². The molecule has 2 heteroatoms. The Labute approximate surface area is 117 Å². The monoisotopic (exact) mass is 262 g/mol. The summed E-state index contributed by atoms with van der Waals surface area (Å²) in [5.41, 5.74) is 2.71. The van der Waals surface area contributed by atoms with Crippen molar-refractivity contribution in [1.29, 1.82) is 0 Å². The van der Waals surface area contributed by atoms with Gasteiger partial charge in [0.05, 0.1) is 12.7 Å². The number of fused-ring (bicyclic) bond motifs is 1. The van der Waals surface area contributed by atoms with Crippen LogP contribution in [0.3, 0.4) is 0 Å². The van der Waals surface area contributed by atoms with Gasteiger partial charge in [-0.25, -0.2) is 0 Å². The van der Waals surface area contributed by atoms with E-state index in [0.717, 1.165) is 17.4 Å². The Kier molecular flexibility index (Phi) is 3.21. The van der Waals surface area contributed by atoms with Gasteiger partial charge in [0.1, 0.15) is 5.75 Å². The molecule has 3 rings (SSSR count). The van der Waals surface area contributed by atoms with Crippen molar-refractivity contribution >= 4 is 17.1 Å². The molecule has 0 bridgehead atoms. The first-order chi connectivity index (χ1) is 9.83. The highest BCUT2D eigenvalue weighted by Gasteiger charge is 2.07. The zero-order valence-electron chi connectivity index (χ0n) is 11.2. The topological polar surface area (TPSA) is 26.3 Å². The van der Waals surface area contributed by atoms with Crippen LogP contribution in [0.5, 0.6) is 5.75 Å². The van der Waals surface area contributed by atoms with Gasteiger partial charge < -0.3 is 4.74 Å². The molecular formula is C18H14O2. The number of methoxy groups -OCH3 is 1. The summed E-state index contributed by atoms with van der Waals surface area (Å²) in [6, 6.07) is 20.1. The standard InChI is InChI=1S/C18H14O2/c1-20-18-10-9-14(11-15(18)12-19)17-8-4-6-13-5-2-3-7-16(13)17/h2-12H,1H3. The first-order valence-corrected chi connectivity index (χ1v) is 6.45. The minimum Gasteiger partial charge on any atom is -0.496 e. The van der Waals surface area contributed by atoms with Crippen molar-refractivity contribution in [2.24, 2.45) is 0 Å². The summed E-state index contributed by atoms with van der Waals surface area (Å²) in [6.07, 6.45) is 0.827. The molecule has 0 aliphatic rings. The van der Waals surface area contributed by atoms with Crippen LogP contribution in [0, 0.1) is 0 Å². The molecule has 0 aromatic heterocycles. The fourth-order valence-corrected chi connectivity index (χ4v) is 2.47. The van der Waals surface area contributed by atoms with Crippen LogP contribution in [-0.4, -0.2) is 13.4 Å². The van der Waals surface area contributed by atoms with Crippen LogP contribution >= 0.6 is 0 Å². The van der Waals surface area contributed by atoms with E-state index in [0.29, 0.717) is 11.3 Å². The maximum atomic E-state index is 11.2. The normalized spacial score (nSPS) is 10.4. The molecule has 0 atom stereocenters. The molecular weight excluding hydrogens is 248 g/mol. The summed E-state index contributed by atoms with van der Waals surface area (Å²) < 4.78 is 5.18. The van der Waals surface area contributed by atoms with Crippen LogP contribution in [0.1, 0.15) is 10.4 Å². The summed E-state index contributed by atoms with van der Waals surface area (Å²) in [7, 11) is 1.57. The molecule has 3 aromatic carbocycles. The lowest BCUT2D eigenvalue weighted by molar-refractivity contribution is 0.112. The van der Waals surface area contributed by atoms with E-state index in [2.05, 4.69) is 24.3 Å². The highest BCUT2D eigenvalue weighted by molar-refractivity contribution is 5.97. The number of hydrogen-bond acceptors (Lipinski definition) is 2. The predicted molar refractivity (Wildman–Crippen MR) is 81.3 cm³/mol. The average Bonchev–Trinajstić information content (AvgIpc) is 2.53. The van der Waals surface area contributed by atoms with Gasteiger partial charge >= 0.3 is 0 Å². The van der Waals surface area contributed by atoms with Gasteiger partial charge in [0, 0.05) is 0 Å². The van der Waals surface area contributed by atoms with Crippen LogP contribution in [-0.2, 0) is 0 Å². The van der Waals surface area contributed by atoms with Gasteiger partial charge in [-0.2, -0.15) is 0 Å². The Morgan fingerprint density at radius 3 is 2.55 bits per heavy atom. The smallest absolute Gasteiger partial charge is 0.153 e. The molecule has 0 amide bonds. The van der Waals surface area contributed by atoms with Gasteiger partial charge in [-0.15, -0.1) is 0 Å². The largest absolute Gasteiger partial charge is 0.496 e. The third-order valence-electron chi connectivity index (χ3n) is 3.46. The van der Waals surface area contributed by atoms with Gasteiger partial charge in [0.25, 0.3) is 0 Å². The predicted octanol–water partition coefficient (Wildman–Crippen LogP) is 4.33. The first-order valence-electron chi connectivity index (χ1n) is 6.45. The van der Waals surface area contributed by atoms with Gasteiger partial charge in [-0.05, 0) is 34.0 Å². The molecule has 0 radical (unpaired) electrons. The van der Waals surface area contributed by atoms with Gasteiger partial charge in [0.2, 0.25) is 0 Å². The Bertz CT molecular complexity index is 770. The van der Waals surface area contributed by atoms with E-state index < -0.39 is 0 Å². The highest BCUT2D eigenvalue weighted by Crippen LogP contribution is 2.31. The molecule has 0 N–H and O–H groups in total. The molecule has 2 nitrogen and oxygen atoms in total. The fraction of sp³-hybridized carbons (Fsp3) is 0.0556. The van der Waals surface area contributed by atoms with E-state index in [9.17, 15) is 4.79 Å². The molecule has 20 heavy (non-hydrogen) atoms. The van der Waals surface area contributed by atoms with Crippen molar-refractivity contribution < 1.29 is 9.53 Å². The van der Waals surface area contributed by atoms with Crippen molar-refractivity contribution in [2.75, 3.05) is 7.11 Å². The van der Waals surface area contributed by atoms with E-state index >= 15 is 0 Å². The van der Waals surface area contributed by atoms with Crippen molar-refractivity contribution in [2.45, 2.75) is 0 Å². The molecule has 0 unspecified atom stereocenters. The van der Waals surface area contributed by atoms with Crippen molar-refractivity contribution in [3.05, 3.63) is 66.2 Å².